The monoisotopic (exact) mass is 310 g/mol. The first kappa shape index (κ1) is 24.8. The minimum atomic E-state index is -1.04. The van der Waals surface area contributed by atoms with Crippen molar-refractivity contribution in [2.45, 2.75) is 52.2 Å². The number of methoxy groups -OCH3 is 3. The molecule has 0 saturated heterocycles. The smallest absolute Gasteiger partial charge is 0.335 e. The molecule has 0 amide bonds. The van der Waals surface area contributed by atoms with Crippen LogP contribution in [0.3, 0.4) is 0 Å². The zero-order valence-corrected chi connectivity index (χ0v) is 13.1. The van der Waals surface area contributed by atoms with E-state index >= 15 is 0 Å². The first-order valence-corrected chi connectivity index (χ1v) is 6.19. The van der Waals surface area contributed by atoms with Gasteiger partial charge in [0.15, 0.2) is 11.2 Å². The van der Waals surface area contributed by atoms with E-state index in [4.69, 9.17) is 14.9 Å². The van der Waals surface area contributed by atoms with E-state index in [0.29, 0.717) is 12.8 Å². The molecule has 7 heteroatoms. The largest absolute Gasteiger partial charge is 0.479 e. The van der Waals surface area contributed by atoms with Crippen LogP contribution in [0.2, 0.25) is 0 Å². The number of carboxylic acids is 2. The van der Waals surface area contributed by atoms with Crippen molar-refractivity contribution in [2.75, 3.05) is 27.9 Å². The van der Waals surface area contributed by atoms with Gasteiger partial charge in [-0.05, 0) is 33.6 Å². The fraction of sp³-hybridized carbons (Fsp3) is 0.857. The molecule has 0 aromatic carbocycles. The molecule has 0 aromatic heterocycles. The van der Waals surface area contributed by atoms with E-state index in [1.54, 1.807) is 7.11 Å². The Morgan fingerprint density at radius 1 is 1.14 bits per heavy atom. The molecule has 7 nitrogen and oxygen atoms in total. The number of rotatable bonds is 5. The predicted octanol–water partition coefficient (Wildman–Crippen LogP) is 2.03. The van der Waals surface area contributed by atoms with Gasteiger partial charge in [0.2, 0.25) is 0 Å². The Morgan fingerprint density at radius 2 is 1.52 bits per heavy atom. The van der Waals surface area contributed by atoms with Gasteiger partial charge in [0.05, 0.1) is 0 Å². The van der Waals surface area contributed by atoms with Crippen molar-refractivity contribution in [1.29, 1.82) is 0 Å². The highest BCUT2D eigenvalue weighted by molar-refractivity contribution is 5.80. The highest BCUT2D eigenvalue weighted by Crippen LogP contribution is 2.38. The first-order chi connectivity index (χ1) is 9.13. The maximum absolute atomic E-state index is 10.2. The summed E-state index contributed by atoms with van der Waals surface area (Å²) in [5, 5.41) is 16.7. The van der Waals surface area contributed by atoms with Gasteiger partial charge in [-0.1, -0.05) is 7.43 Å². The Morgan fingerprint density at radius 3 is 1.52 bits per heavy atom. The molecule has 1 aliphatic rings. The lowest BCUT2D eigenvalue weighted by Gasteiger charge is -2.15. The van der Waals surface area contributed by atoms with Crippen LogP contribution in [0.1, 0.15) is 41.0 Å². The van der Waals surface area contributed by atoms with Gasteiger partial charge in [-0.3, -0.25) is 0 Å². The third-order valence-corrected chi connectivity index (χ3v) is 2.80. The van der Waals surface area contributed by atoms with Crippen LogP contribution in [-0.2, 0) is 23.8 Å². The molecule has 0 aliphatic heterocycles. The minimum absolute atomic E-state index is 0. The van der Waals surface area contributed by atoms with Crippen LogP contribution in [0.4, 0.5) is 0 Å². The molecule has 0 bridgehead atoms. The third-order valence-electron chi connectivity index (χ3n) is 2.80. The highest BCUT2D eigenvalue weighted by Gasteiger charge is 2.50. The van der Waals surface area contributed by atoms with Crippen molar-refractivity contribution in [3.63, 3.8) is 0 Å². The number of carboxylic acid groups (broad SMARTS) is 2. The van der Waals surface area contributed by atoms with E-state index in [1.165, 1.54) is 28.1 Å². The molecule has 1 rings (SSSR count). The zero-order valence-electron chi connectivity index (χ0n) is 13.1. The normalized spacial score (nSPS) is 14.4. The second kappa shape index (κ2) is 11.5. The number of carbonyl (C=O) groups is 2. The molecular formula is C14H30O7. The maximum atomic E-state index is 10.2. The summed E-state index contributed by atoms with van der Waals surface area (Å²) in [6, 6.07) is 0. The quantitative estimate of drug-likeness (QED) is 0.801. The predicted molar refractivity (Wildman–Crippen MR) is 79.6 cm³/mol. The Bertz CT molecular complexity index is 278. The molecule has 0 radical (unpaired) electrons. The molecule has 2 N–H and O–H groups in total. The fourth-order valence-electron chi connectivity index (χ4n) is 0.706. The molecule has 0 unspecified atom stereocenters. The van der Waals surface area contributed by atoms with Crippen molar-refractivity contribution in [3.05, 3.63) is 0 Å². The molecule has 1 fully saturated rings. The third kappa shape index (κ3) is 10.2. The van der Waals surface area contributed by atoms with Crippen LogP contribution in [0.15, 0.2) is 0 Å². The number of hydrogen-bond donors (Lipinski definition) is 2. The van der Waals surface area contributed by atoms with Gasteiger partial charge in [-0.2, -0.15) is 0 Å². The molecule has 1 aliphatic carbocycles. The Balaban J connectivity index is -0.000000239. The molecule has 21 heavy (non-hydrogen) atoms. The van der Waals surface area contributed by atoms with Gasteiger partial charge in [0.1, 0.15) is 0 Å². The van der Waals surface area contributed by atoms with E-state index in [1.807, 2.05) is 6.92 Å². The second-order valence-corrected chi connectivity index (χ2v) is 4.60. The van der Waals surface area contributed by atoms with E-state index in [0.717, 1.165) is 6.61 Å². The Labute approximate surface area is 127 Å². The van der Waals surface area contributed by atoms with E-state index in [-0.39, 0.29) is 7.43 Å². The van der Waals surface area contributed by atoms with Crippen LogP contribution in [-0.4, -0.2) is 61.3 Å². The summed E-state index contributed by atoms with van der Waals surface area (Å²) >= 11 is 0. The van der Waals surface area contributed by atoms with Gasteiger partial charge in [0.25, 0.3) is 0 Å². The van der Waals surface area contributed by atoms with Gasteiger partial charge in [-0.25, -0.2) is 9.59 Å². The summed E-state index contributed by atoms with van der Waals surface area (Å²) in [6.07, 6.45) is 1.33. The van der Waals surface area contributed by atoms with Crippen LogP contribution < -0.4 is 0 Å². The molecular weight excluding hydrogens is 280 g/mol. The summed E-state index contributed by atoms with van der Waals surface area (Å²) in [4.78, 5) is 20.3. The average molecular weight is 310 g/mol. The van der Waals surface area contributed by atoms with Crippen LogP contribution in [0, 0.1) is 0 Å². The lowest BCUT2D eigenvalue weighted by Crippen LogP contribution is -2.33. The molecule has 0 aromatic rings. The highest BCUT2D eigenvalue weighted by atomic mass is 16.5. The molecule has 0 heterocycles. The van der Waals surface area contributed by atoms with Crippen LogP contribution in [0.25, 0.3) is 0 Å². The van der Waals surface area contributed by atoms with Gasteiger partial charge < -0.3 is 24.4 Å². The second-order valence-electron chi connectivity index (χ2n) is 4.60. The fourth-order valence-corrected chi connectivity index (χ4v) is 0.706. The summed E-state index contributed by atoms with van der Waals surface area (Å²) in [7, 11) is 4.48. The molecule has 0 spiro atoms. The number of ether oxygens (including phenoxy) is 3. The van der Waals surface area contributed by atoms with Gasteiger partial charge >= 0.3 is 11.9 Å². The first-order valence-electron chi connectivity index (χ1n) is 6.19. The van der Waals surface area contributed by atoms with E-state index in [9.17, 15) is 9.59 Å². The average Bonchev–Trinajstić information content (AvgIpc) is 3.20. The molecule has 128 valence electrons. The van der Waals surface area contributed by atoms with Gasteiger partial charge in [0, 0.05) is 27.9 Å². The Hall–Kier alpha value is -1.18. The van der Waals surface area contributed by atoms with Crippen molar-refractivity contribution in [2.24, 2.45) is 0 Å². The zero-order chi connectivity index (χ0) is 16.4. The summed E-state index contributed by atoms with van der Waals surface area (Å²) < 4.78 is 13.9. The summed E-state index contributed by atoms with van der Waals surface area (Å²) in [6.45, 7) is 5.77. The summed E-state index contributed by atoms with van der Waals surface area (Å²) in [5.74, 6) is -1.78. The van der Waals surface area contributed by atoms with Crippen molar-refractivity contribution in [3.8, 4) is 0 Å². The Kier molecular flexibility index (Phi) is 13.6. The number of aliphatic carboxylic acids is 2. The standard InChI is InChI=1S/C5H8O3.C5H10O3.C3H8O.CH4/c1-8-5(2-3-5)4(6)7;1-5(2,8-3)4(6)7;1-3-4-2;/h2-3H2,1H3,(H,6,7);1-3H3,(H,6,7);3H2,1-2H3;1H4. The molecule has 1 saturated carbocycles. The van der Waals surface area contributed by atoms with Crippen LogP contribution in [0.5, 0.6) is 0 Å². The lowest BCUT2D eigenvalue weighted by atomic mass is 10.1. The van der Waals surface area contributed by atoms with Crippen molar-refractivity contribution in [1.82, 2.24) is 0 Å². The van der Waals surface area contributed by atoms with Crippen molar-refractivity contribution >= 4 is 11.9 Å². The van der Waals surface area contributed by atoms with E-state index < -0.39 is 23.1 Å². The summed E-state index contributed by atoms with van der Waals surface area (Å²) in [5.41, 5.74) is -1.83. The minimum Gasteiger partial charge on any atom is -0.479 e. The van der Waals surface area contributed by atoms with E-state index in [2.05, 4.69) is 9.47 Å². The topological polar surface area (TPSA) is 102 Å². The van der Waals surface area contributed by atoms with Gasteiger partial charge in [-0.15, -0.1) is 0 Å². The number of hydrogen-bond acceptors (Lipinski definition) is 5. The lowest BCUT2D eigenvalue weighted by molar-refractivity contribution is -0.157. The van der Waals surface area contributed by atoms with Crippen LogP contribution >= 0.6 is 0 Å². The maximum Gasteiger partial charge on any atom is 0.335 e. The SMILES string of the molecule is C.CCOC.COC(C)(C)C(=O)O.COC1(C(=O)O)CC1. The molecule has 0 atom stereocenters. The van der Waals surface area contributed by atoms with Crippen molar-refractivity contribution < 1.29 is 34.0 Å².